The highest BCUT2D eigenvalue weighted by Gasteiger charge is 2.43. The number of anilines is 1. The van der Waals surface area contributed by atoms with Crippen molar-refractivity contribution in [3.05, 3.63) is 40.3 Å². The first kappa shape index (κ1) is 25.5. The van der Waals surface area contributed by atoms with Crippen LogP contribution in [0.15, 0.2) is 23.6 Å². The van der Waals surface area contributed by atoms with Crippen LogP contribution >= 0.6 is 11.3 Å². The van der Waals surface area contributed by atoms with Crippen molar-refractivity contribution in [2.24, 2.45) is 0 Å². The zero-order chi connectivity index (χ0) is 25.2. The fourth-order valence-electron chi connectivity index (χ4n) is 3.49. The van der Waals surface area contributed by atoms with Crippen molar-refractivity contribution in [3.63, 3.8) is 0 Å². The molecule has 1 aliphatic heterocycles. The molecule has 2 aromatic rings. The van der Waals surface area contributed by atoms with Crippen molar-refractivity contribution in [3.8, 4) is 11.5 Å². The molecule has 1 atom stereocenters. The van der Waals surface area contributed by atoms with Crippen molar-refractivity contribution < 1.29 is 45.4 Å². The standard InChI is InChI=1S/C20H19F3N2O7S2/c1-3-31-15-8-11(4-5-14(15)32-20(21,22)23)13(6-7-34(29)30)25-18(27)12-9-33-17(24-10(2)26)16(12)19(25)28/h4-5,8-9,13,34H,3,6-7H2,1-2H3,(H,24,26). The summed E-state index contributed by atoms with van der Waals surface area (Å²) in [7, 11) is -2.88. The SMILES string of the molecule is CCOc1cc(C(CC[SH](=O)=O)N2C(=O)c3csc(NC(C)=O)c3C2=O)ccc1OC(F)(F)F. The van der Waals surface area contributed by atoms with Gasteiger partial charge in [0.1, 0.15) is 15.7 Å². The number of thiol groups is 1. The molecule has 9 nitrogen and oxygen atoms in total. The normalized spacial score (nSPS) is 14.4. The zero-order valence-electron chi connectivity index (χ0n) is 17.8. The molecule has 1 N–H and O–H groups in total. The summed E-state index contributed by atoms with van der Waals surface area (Å²) in [4.78, 5) is 38.6. The summed E-state index contributed by atoms with van der Waals surface area (Å²) >= 11 is 0.992. The summed E-state index contributed by atoms with van der Waals surface area (Å²) in [6, 6.07) is 2.22. The lowest BCUT2D eigenvalue weighted by molar-refractivity contribution is -0.275. The highest BCUT2D eigenvalue weighted by molar-refractivity contribution is 7.72. The number of carbonyl (C=O) groups excluding carboxylic acids is 3. The molecule has 0 aliphatic carbocycles. The summed E-state index contributed by atoms with van der Waals surface area (Å²) in [5, 5.41) is 4.05. The smallest absolute Gasteiger partial charge is 0.490 e. The van der Waals surface area contributed by atoms with Gasteiger partial charge < -0.3 is 14.8 Å². The van der Waals surface area contributed by atoms with Gasteiger partial charge in [-0.05, 0) is 31.0 Å². The van der Waals surface area contributed by atoms with E-state index in [0.717, 1.165) is 22.3 Å². The highest BCUT2D eigenvalue weighted by Crippen LogP contribution is 2.42. The summed E-state index contributed by atoms with van der Waals surface area (Å²) in [6.45, 7) is 2.77. The van der Waals surface area contributed by atoms with Gasteiger partial charge in [0.05, 0.1) is 23.8 Å². The largest absolute Gasteiger partial charge is 0.573 e. The van der Waals surface area contributed by atoms with E-state index >= 15 is 0 Å². The fraction of sp³-hybridized carbons (Fsp3) is 0.350. The number of thiophene rings is 1. The number of halogens is 3. The topological polar surface area (TPSA) is 119 Å². The van der Waals surface area contributed by atoms with Gasteiger partial charge >= 0.3 is 6.36 Å². The Morgan fingerprint density at radius 3 is 2.50 bits per heavy atom. The van der Waals surface area contributed by atoms with Crippen LogP contribution in [0.25, 0.3) is 0 Å². The number of fused-ring (bicyclic) bond motifs is 1. The van der Waals surface area contributed by atoms with Gasteiger partial charge in [-0.25, -0.2) is 8.42 Å². The van der Waals surface area contributed by atoms with Gasteiger partial charge in [0.25, 0.3) is 11.8 Å². The molecule has 1 unspecified atom stereocenters. The van der Waals surface area contributed by atoms with Crippen molar-refractivity contribution in [2.75, 3.05) is 17.7 Å². The van der Waals surface area contributed by atoms with E-state index in [9.17, 15) is 36.0 Å². The lowest BCUT2D eigenvalue weighted by Gasteiger charge is -2.27. The predicted molar refractivity (Wildman–Crippen MR) is 116 cm³/mol. The van der Waals surface area contributed by atoms with Gasteiger partial charge in [0.2, 0.25) is 5.91 Å². The Morgan fingerprint density at radius 1 is 1.21 bits per heavy atom. The van der Waals surface area contributed by atoms with E-state index in [4.69, 9.17) is 4.74 Å². The Labute approximate surface area is 197 Å². The molecule has 0 saturated carbocycles. The van der Waals surface area contributed by atoms with Gasteiger partial charge in [-0.2, -0.15) is 0 Å². The number of carbonyl (C=O) groups is 3. The second-order valence-electron chi connectivity index (χ2n) is 7.06. The van der Waals surface area contributed by atoms with Crippen LogP contribution in [0.4, 0.5) is 18.2 Å². The Hall–Kier alpha value is -3.13. The lowest BCUT2D eigenvalue weighted by atomic mass is 10.0. The van der Waals surface area contributed by atoms with E-state index in [1.54, 1.807) is 6.92 Å². The molecule has 184 valence electrons. The van der Waals surface area contributed by atoms with Crippen LogP contribution in [0.3, 0.4) is 0 Å². The van der Waals surface area contributed by atoms with Crippen LogP contribution in [0.5, 0.6) is 11.5 Å². The van der Waals surface area contributed by atoms with Gasteiger partial charge in [-0.3, -0.25) is 19.3 Å². The minimum atomic E-state index is -4.98. The van der Waals surface area contributed by atoms with Crippen molar-refractivity contribution >= 4 is 44.8 Å². The maximum absolute atomic E-state index is 13.2. The Bertz CT molecular complexity index is 1200. The maximum atomic E-state index is 13.2. The van der Waals surface area contributed by atoms with Crippen LogP contribution in [-0.4, -0.2) is 49.8 Å². The quantitative estimate of drug-likeness (QED) is 0.385. The molecule has 1 aromatic carbocycles. The number of amides is 3. The van der Waals surface area contributed by atoms with Crippen LogP contribution in [0, 0.1) is 0 Å². The number of alkyl halides is 3. The van der Waals surface area contributed by atoms with E-state index in [1.165, 1.54) is 24.4 Å². The lowest BCUT2D eigenvalue weighted by Crippen LogP contribution is -2.35. The molecular formula is C20H19F3N2O7S2. The average molecular weight is 521 g/mol. The minimum Gasteiger partial charge on any atom is -0.490 e. The first-order valence-corrected chi connectivity index (χ1v) is 12.1. The molecule has 1 aliphatic rings. The molecule has 2 heterocycles. The molecule has 1 aromatic heterocycles. The summed E-state index contributed by atoms with van der Waals surface area (Å²) in [5.41, 5.74) is 0.188. The Kier molecular flexibility index (Phi) is 7.51. The van der Waals surface area contributed by atoms with E-state index < -0.39 is 52.3 Å². The third kappa shape index (κ3) is 5.50. The number of hydrogen-bond acceptors (Lipinski definition) is 8. The van der Waals surface area contributed by atoms with Gasteiger partial charge in [-0.15, -0.1) is 24.5 Å². The number of nitrogens with one attached hydrogen (secondary N) is 1. The average Bonchev–Trinajstić information content (AvgIpc) is 3.23. The van der Waals surface area contributed by atoms with E-state index in [2.05, 4.69) is 10.1 Å². The molecular weight excluding hydrogens is 501 g/mol. The molecule has 3 amide bonds. The monoisotopic (exact) mass is 520 g/mol. The zero-order valence-corrected chi connectivity index (χ0v) is 19.5. The van der Waals surface area contributed by atoms with Crippen LogP contribution in [0.1, 0.15) is 52.6 Å². The number of imide groups is 1. The van der Waals surface area contributed by atoms with Crippen LogP contribution in [-0.2, 0) is 15.5 Å². The molecule has 3 rings (SSSR count). The Morgan fingerprint density at radius 2 is 1.91 bits per heavy atom. The number of ether oxygens (including phenoxy) is 2. The molecule has 34 heavy (non-hydrogen) atoms. The molecule has 14 heteroatoms. The third-order valence-electron chi connectivity index (χ3n) is 4.74. The molecule has 0 saturated heterocycles. The second-order valence-corrected chi connectivity index (χ2v) is 9.06. The first-order valence-electron chi connectivity index (χ1n) is 9.84. The summed E-state index contributed by atoms with van der Waals surface area (Å²) in [5.74, 6) is -3.24. The predicted octanol–water partition coefficient (Wildman–Crippen LogP) is 3.34. The van der Waals surface area contributed by atoms with Crippen molar-refractivity contribution in [1.82, 2.24) is 4.90 Å². The summed E-state index contributed by atoms with van der Waals surface area (Å²) < 4.78 is 70.0. The Balaban J connectivity index is 2.05. The first-order chi connectivity index (χ1) is 15.9. The molecule has 0 fully saturated rings. The maximum Gasteiger partial charge on any atom is 0.573 e. The second kappa shape index (κ2) is 10.0. The summed E-state index contributed by atoms with van der Waals surface area (Å²) in [6.07, 6.45) is -5.19. The third-order valence-corrected chi connectivity index (χ3v) is 6.26. The fourth-order valence-corrected chi connectivity index (χ4v) is 4.91. The van der Waals surface area contributed by atoms with Gasteiger partial charge in [0, 0.05) is 18.1 Å². The van der Waals surface area contributed by atoms with Crippen LogP contribution in [0.2, 0.25) is 0 Å². The van der Waals surface area contributed by atoms with Gasteiger partial charge in [0.15, 0.2) is 11.5 Å². The molecule has 0 spiro atoms. The molecule has 0 bridgehead atoms. The highest BCUT2D eigenvalue weighted by atomic mass is 32.2. The van der Waals surface area contributed by atoms with Crippen molar-refractivity contribution in [1.29, 1.82) is 0 Å². The number of hydrogen-bond donors (Lipinski definition) is 2. The van der Waals surface area contributed by atoms with E-state index in [-0.39, 0.29) is 40.5 Å². The van der Waals surface area contributed by atoms with Crippen LogP contribution < -0.4 is 14.8 Å². The van der Waals surface area contributed by atoms with E-state index in [1.807, 2.05) is 0 Å². The van der Waals surface area contributed by atoms with Crippen molar-refractivity contribution in [2.45, 2.75) is 32.7 Å². The number of rotatable bonds is 9. The van der Waals surface area contributed by atoms with E-state index in [0.29, 0.717) is 0 Å². The van der Waals surface area contributed by atoms with Gasteiger partial charge in [-0.1, -0.05) is 6.07 Å². The minimum absolute atomic E-state index is 0.00654. The number of benzene rings is 1. The molecule has 0 radical (unpaired) electrons. The number of nitrogens with zero attached hydrogens (tertiary/aromatic N) is 1.